The van der Waals surface area contributed by atoms with E-state index in [1.54, 1.807) is 0 Å². The van der Waals surface area contributed by atoms with Crippen molar-refractivity contribution in [1.29, 1.82) is 0 Å². The third-order valence-corrected chi connectivity index (χ3v) is 3.81. The number of hydrogen-bond donors (Lipinski definition) is 0. The van der Waals surface area contributed by atoms with Crippen LogP contribution in [-0.2, 0) is 0 Å². The zero-order valence-corrected chi connectivity index (χ0v) is 11.1. The average Bonchev–Trinajstić information content (AvgIpc) is 2.58. The molecule has 2 aliphatic rings. The summed E-state index contributed by atoms with van der Waals surface area (Å²) >= 11 is 0. The molecular formula is C17H22. The fourth-order valence-corrected chi connectivity index (χ4v) is 2.57. The first kappa shape index (κ1) is 12.2. The molecule has 0 aromatic rings. The SMILES string of the molecule is CCC(C)CC(C)c1ccc2cccccc1-2. The molecule has 0 aromatic carbocycles. The van der Waals surface area contributed by atoms with Crippen LogP contribution in [0.25, 0.3) is 11.1 Å². The first-order valence-corrected chi connectivity index (χ1v) is 6.70. The second kappa shape index (κ2) is 5.35. The Labute approximate surface area is 105 Å². The summed E-state index contributed by atoms with van der Waals surface area (Å²) in [5.41, 5.74) is 4.29. The summed E-state index contributed by atoms with van der Waals surface area (Å²) in [6.07, 6.45) is 2.56. The van der Waals surface area contributed by atoms with E-state index in [4.69, 9.17) is 0 Å². The van der Waals surface area contributed by atoms with Crippen molar-refractivity contribution in [3.8, 4) is 11.1 Å². The molecule has 2 atom stereocenters. The lowest BCUT2D eigenvalue weighted by molar-refractivity contribution is 0.472. The van der Waals surface area contributed by atoms with Gasteiger partial charge in [-0.1, -0.05) is 69.7 Å². The average molecular weight is 226 g/mol. The van der Waals surface area contributed by atoms with Crippen LogP contribution in [0, 0.1) is 5.92 Å². The summed E-state index contributed by atoms with van der Waals surface area (Å²) in [7, 11) is 0. The van der Waals surface area contributed by atoms with E-state index in [2.05, 4.69) is 63.2 Å². The standard InChI is InChI=1S/C17H22/c1-4-13(2)12-14(3)16-11-10-15-8-6-5-7-9-17(15)16/h5-11,13-14H,4,12H2,1-3H3. The normalized spacial score (nSPS) is 14.8. The Hall–Kier alpha value is -1.30. The van der Waals surface area contributed by atoms with Crippen molar-refractivity contribution in [1.82, 2.24) is 0 Å². The third-order valence-electron chi connectivity index (χ3n) is 3.81. The van der Waals surface area contributed by atoms with Gasteiger partial charge in [-0.25, -0.2) is 0 Å². The van der Waals surface area contributed by atoms with Crippen molar-refractivity contribution in [3.63, 3.8) is 0 Å². The summed E-state index contributed by atoms with van der Waals surface area (Å²) in [6, 6.07) is 15.4. The second-order valence-electron chi connectivity index (χ2n) is 5.22. The summed E-state index contributed by atoms with van der Waals surface area (Å²) in [6.45, 7) is 6.98. The van der Waals surface area contributed by atoms with Gasteiger partial charge < -0.3 is 0 Å². The first-order valence-electron chi connectivity index (χ1n) is 6.70. The Bertz CT molecular complexity index is 444. The topological polar surface area (TPSA) is 0 Å². The molecule has 0 N–H and O–H groups in total. The zero-order chi connectivity index (χ0) is 12.3. The van der Waals surface area contributed by atoms with Crippen molar-refractivity contribution in [2.24, 2.45) is 5.92 Å². The Balaban J connectivity index is 2.26. The minimum Gasteiger partial charge on any atom is -0.0651 e. The molecule has 0 radical (unpaired) electrons. The predicted octanol–water partition coefficient (Wildman–Crippen LogP) is 5.33. The van der Waals surface area contributed by atoms with Crippen LogP contribution in [0.3, 0.4) is 0 Å². The number of rotatable bonds is 4. The Kier molecular flexibility index (Phi) is 3.83. The first-order chi connectivity index (χ1) is 8.22. The second-order valence-corrected chi connectivity index (χ2v) is 5.22. The maximum atomic E-state index is 2.36. The van der Waals surface area contributed by atoms with Gasteiger partial charge in [-0.2, -0.15) is 0 Å². The Morgan fingerprint density at radius 2 is 1.71 bits per heavy atom. The van der Waals surface area contributed by atoms with E-state index in [0.29, 0.717) is 5.92 Å². The van der Waals surface area contributed by atoms with Gasteiger partial charge in [0.15, 0.2) is 0 Å². The van der Waals surface area contributed by atoms with Gasteiger partial charge in [0.1, 0.15) is 0 Å². The summed E-state index contributed by atoms with van der Waals surface area (Å²) in [5, 5.41) is 0. The molecule has 2 aliphatic carbocycles. The van der Waals surface area contributed by atoms with Crippen LogP contribution in [-0.4, -0.2) is 0 Å². The van der Waals surface area contributed by atoms with Gasteiger partial charge in [0.05, 0.1) is 0 Å². The molecule has 0 aromatic heterocycles. The van der Waals surface area contributed by atoms with Crippen molar-refractivity contribution in [2.45, 2.75) is 39.5 Å². The molecular weight excluding hydrogens is 204 g/mol. The molecule has 2 rings (SSSR count). The molecule has 17 heavy (non-hydrogen) atoms. The van der Waals surface area contributed by atoms with Gasteiger partial charge in [-0.05, 0) is 34.9 Å². The van der Waals surface area contributed by atoms with Gasteiger partial charge in [-0.3, -0.25) is 0 Å². The summed E-state index contributed by atoms with van der Waals surface area (Å²) < 4.78 is 0. The monoisotopic (exact) mass is 226 g/mol. The molecule has 0 amide bonds. The van der Waals surface area contributed by atoms with Gasteiger partial charge in [0.2, 0.25) is 0 Å². The van der Waals surface area contributed by atoms with Crippen molar-refractivity contribution in [2.75, 3.05) is 0 Å². The highest BCUT2D eigenvalue weighted by Crippen LogP contribution is 2.35. The van der Waals surface area contributed by atoms with Crippen LogP contribution in [0.5, 0.6) is 0 Å². The zero-order valence-electron chi connectivity index (χ0n) is 11.1. The molecule has 0 aliphatic heterocycles. The fourth-order valence-electron chi connectivity index (χ4n) is 2.57. The molecule has 0 heteroatoms. The minimum atomic E-state index is 0.657. The van der Waals surface area contributed by atoms with Gasteiger partial charge >= 0.3 is 0 Å². The molecule has 2 unspecified atom stereocenters. The Morgan fingerprint density at radius 3 is 2.47 bits per heavy atom. The smallest absolute Gasteiger partial charge is 0.0149 e. The molecule has 0 nitrogen and oxygen atoms in total. The van der Waals surface area contributed by atoms with E-state index in [9.17, 15) is 0 Å². The van der Waals surface area contributed by atoms with Crippen molar-refractivity contribution >= 4 is 0 Å². The van der Waals surface area contributed by atoms with E-state index in [1.807, 2.05) is 0 Å². The van der Waals surface area contributed by atoms with E-state index in [-0.39, 0.29) is 0 Å². The van der Waals surface area contributed by atoms with E-state index >= 15 is 0 Å². The lowest BCUT2D eigenvalue weighted by atomic mass is 9.89. The molecule has 0 fully saturated rings. The Morgan fingerprint density at radius 1 is 0.941 bits per heavy atom. The number of hydrogen-bond acceptors (Lipinski definition) is 0. The molecule has 0 spiro atoms. The van der Waals surface area contributed by atoms with Crippen LogP contribution in [0.4, 0.5) is 0 Å². The van der Waals surface area contributed by atoms with E-state index < -0.39 is 0 Å². The van der Waals surface area contributed by atoms with Crippen molar-refractivity contribution < 1.29 is 0 Å². The molecule has 90 valence electrons. The van der Waals surface area contributed by atoms with Crippen LogP contribution in [0.2, 0.25) is 0 Å². The molecule has 0 saturated heterocycles. The van der Waals surface area contributed by atoms with E-state index in [1.165, 1.54) is 29.5 Å². The van der Waals surface area contributed by atoms with Crippen LogP contribution < -0.4 is 0 Å². The summed E-state index contributed by atoms with van der Waals surface area (Å²) in [4.78, 5) is 0. The van der Waals surface area contributed by atoms with Crippen LogP contribution in [0.15, 0.2) is 42.5 Å². The van der Waals surface area contributed by atoms with Gasteiger partial charge in [0.25, 0.3) is 0 Å². The lowest BCUT2D eigenvalue weighted by Gasteiger charge is -2.16. The quantitative estimate of drug-likeness (QED) is 0.661. The van der Waals surface area contributed by atoms with Gasteiger partial charge in [0, 0.05) is 0 Å². The third kappa shape index (κ3) is 2.69. The maximum absolute atomic E-state index is 2.36. The van der Waals surface area contributed by atoms with Gasteiger partial charge in [-0.15, -0.1) is 0 Å². The largest absolute Gasteiger partial charge is 0.0651 e. The molecule has 0 saturated carbocycles. The summed E-state index contributed by atoms with van der Waals surface area (Å²) in [5.74, 6) is 1.47. The minimum absolute atomic E-state index is 0.657. The van der Waals surface area contributed by atoms with Crippen LogP contribution >= 0.6 is 0 Å². The molecule has 0 bridgehead atoms. The highest BCUT2D eigenvalue weighted by Gasteiger charge is 2.15. The van der Waals surface area contributed by atoms with E-state index in [0.717, 1.165) is 5.92 Å². The van der Waals surface area contributed by atoms with Crippen LogP contribution in [0.1, 0.15) is 45.1 Å². The molecule has 0 heterocycles. The highest BCUT2D eigenvalue weighted by atomic mass is 14.2. The predicted molar refractivity (Wildman–Crippen MR) is 75.6 cm³/mol. The maximum Gasteiger partial charge on any atom is -0.0149 e. The fraction of sp³-hybridized carbons (Fsp3) is 0.412. The lowest BCUT2D eigenvalue weighted by Crippen LogP contribution is -2.00. The van der Waals surface area contributed by atoms with Crippen molar-refractivity contribution in [3.05, 3.63) is 48.0 Å². The number of fused-ring (bicyclic) bond motifs is 1. The highest BCUT2D eigenvalue weighted by molar-refractivity contribution is 5.71.